The zero-order valence-corrected chi connectivity index (χ0v) is 7.34. The highest BCUT2D eigenvalue weighted by Crippen LogP contribution is 2.26. The van der Waals surface area contributed by atoms with Crippen molar-refractivity contribution in [2.45, 2.75) is 6.92 Å². The van der Waals surface area contributed by atoms with E-state index in [4.69, 9.17) is 5.73 Å². The maximum atomic E-state index is 13.3. The third-order valence-corrected chi connectivity index (χ3v) is 2.23. The fraction of sp³-hybridized carbons (Fsp3) is 0.0909. The zero-order valence-electron chi connectivity index (χ0n) is 7.34. The molecule has 0 unspecified atom stereocenters. The van der Waals surface area contributed by atoms with Crippen molar-refractivity contribution in [2.75, 3.05) is 5.73 Å². The molecule has 0 spiro atoms. The molecule has 2 heteroatoms. The molecule has 2 aromatic carbocycles. The van der Waals surface area contributed by atoms with Crippen LogP contribution in [0.2, 0.25) is 0 Å². The molecule has 66 valence electrons. The van der Waals surface area contributed by atoms with Crippen molar-refractivity contribution in [3.63, 3.8) is 0 Å². The van der Waals surface area contributed by atoms with Gasteiger partial charge in [-0.1, -0.05) is 18.2 Å². The van der Waals surface area contributed by atoms with Gasteiger partial charge in [0.1, 0.15) is 5.82 Å². The number of hydrogen-bond acceptors (Lipinski definition) is 1. The van der Waals surface area contributed by atoms with E-state index in [1.165, 1.54) is 6.07 Å². The molecule has 0 radical (unpaired) electrons. The molecule has 2 aromatic rings. The van der Waals surface area contributed by atoms with Crippen LogP contribution < -0.4 is 5.73 Å². The number of aryl methyl sites for hydroxylation is 1. The number of anilines is 1. The average Bonchev–Trinajstić information content (AvgIpc) is 2.12. The van der Waals surface area contributed by atoms with E-state index in [1.54, 1.807) is 12.1 Å². The smallest absolute Gasteiger partial charge is 0.131 e. The lowest BCUT2D eigenvalue weighted by Gasteiger charge is -2.05. The number of fused-ring (bicyclic) bond motifs is 1. The number of benzene rings is 2. The quantitative estimate of drug-likeness (QED) is 0.612. The van der Waals surface area contributed by atoms with Crippen LogP contribution >= 0.6 is 0 Å². The molecule has 0 aliphatic heterocycles. The Morgan fingerprint density at radius 2 is 1.92 bits per heavy atom. The van der Waals surface area contributed by atoms with Crippen LogP contribution in [0.5, 0.6) is 0 Å². The SMILES string of the molecule is Cc1cccc2c(F)ccc(N)c12. The van der Waals surface area contributed by atoms with E-state index < -0.39 is 0 Å². The monoisotopic (exact) mass is 175 g/mol. The van der Waals surface area contributed by atoms with E-state index in [0.29, 0.717) is 11.1 Å². The standard InChI is InChI=1S/C11H10FN/c1-7-3-2-4-8-9(12)5-6-10(13)11(7)8/h2-6H,13H2,1H3. The fourth-order valence-corrected chi connectivity index (χ4v) is 1.59. The minimum atomic E-state index is -0.215. The first-order chi connectivity index (χ1) is 6.20. The van der Waals surface area contributed by atoms with Crippen molar-refractivity contribution in [1.29, 1.82) is 0 Å². The summed E-state index contributed by atoms with van der Waals surface area (Å²) in [6.07, 6.45) is 0. The van der Waals surface area contributed by atoms with Crippen LogP contribution in [0, 0.1) is 12.7 Å². The van der Waals surface area contributed by atoms with Gasteiger partial charge in [-0.2, -0.15) is 0 Å². The molecule has 0 atom stereocenters. The van der Waals surface area contributed by atoms with E-state index in [1.807, 2.05) is 19.1 Å². The van der Waals surface area contributed by atoms with Gasteiger partial charge in [-0.05, 0) is 24.6 Å². The summed E-state index contributed by atoms with van der Waals surface area (Å²) in [6, 6.07) is 8.51. The molecular weight excluding hydrogens is 165 g/mol. The predicted octanol–water partition coefficient (Wildman–Crippen LogP) is 2.87. The largest absolute Gasteiger partial charge is 0.398 e. The summed E-state index contributed by atoms with van der Waals surface area (Å²) in [4.78, 5) is 0. The van der Waals surface area contributed by atoms with Crippen molar-refractivity contribution in [3.8, 4) is 0 Å². The molecule has 13 heavy (non-hydrogen) atoms. The molecule has 0 saturated heterocycles. The molecule has 0 aromatic heterocycles. The number of hydrogen-bond donors (Lipinski definition) is 1. The maximum Gasteiger partial charge on any atom is 0.131 e. The second-order valence-corrected chi connectivity index (χ2v) is 3.13. The Bertz CT molecular complexity index is 455. The van der Waals surface area contributed by atoms with E-state index in [2.05, 4.69) is 0 Å². The Kier molecular flexibility index (Phi) is 1.69. The van der Waals surface area contributed by atoms with E-state index in [-0.39, 0.29) is 5.82 Å². The van der Waals surface area contributed by atoms with Gasteiger partial charge in [0.2, 0.25) is 0 Å². The minimum absolute atomic E-state index is 0.215. The first-order valence-corrected chi connectivity index (χ1v) is 4.13. The van der Waals surface area contributed by atoms with Crippen LogP contribution in [0.4, 0.5) is 10.1 Å². The summed E-state index contributed by atoms with van der Waals surface area (Å²) >= 11 is 0. The summed E-state index contributed by atoms with van der Waals surface area (Å²) in [7, 11) is 0. The summed E-state index contributed by atoms with van der Waals surface area (Å²) in [5.74, 6) is -0.215. The highest BCUT2D eigenvalue weighted by molar-refractivity contribution is 5.95. The topological polar surface area (TPSA) is 26.0 Å². The van der Waals surface area contributed by atoms with Gasteiger partial charge in [-0.25, -0.2) is 4.39 Å². The highest BCUT2D eigenvalue weighted by Gasteiger charge is 2.04. The van der Waals surface area contributed by atoms with Gasteiger partial charge < -0.3 is 5.73 Å². The second kappa shape index (κ2) is 2.73. The van der Waals surface area contributed by atoms with Gasteiger partial charge in [-0.15, -0.1) is 0 Å². The number of nitrogen functional groups attached to an aromatic ring is 1. The molecule has 2 N–H and O–H groups in total. The van der Waals surface area contributed by atoms with Crippen molar-refractivity contribution >= 4 is 16.5 Å². The minimum Gasteiger partial charge on any atom is -0.398 e. The van der Waals surface area contributed by atoms with Gasteiger partial charge in [0, 0.05) is 16.5 Å². The molecule has 0 amide bonds. The number of halogens is 1. The maximum absolute atomic E-state index is 13.3. The molecule has 2 rings (SSSR count). The molecule has 0 aliphatic carbocycles. The van der Waals surface area contributed by atoms with Gasteiger partial charge in [-0.3, -0.25) is 0 Å². The Morgan fingerprint density at radius 1 is 1.15 bits per heavy atom. The van der Waals surface area contributed by atoms with E-state index >= 15 is 0 Å². The lowest BCUT2D eigenvalue weighted by molar-refractivity contribution is 0.640. The number of nitrogens with two attached hydrogens (primary N) is 1. The Labute approximate surface area is 76.0 Å². The van der Waals surface area contributed by atoms with Gasteiger partial charge in [0.05, 0.1) is 0 Å². The molecule has 0 saturated carbocycles. The summed E-state index contributed by atoms with van der Waals surface area (Å²) < 4.78 is 13.3. The first kappa shape index (κ1) is 8.05. The summed E-state index contributed by atoms with van der Waals surface area (Å²) in [5, 5.41) is 1.42. The fourth-order valence-electron chi connectivity index (χ4n) is 1.59. The van der Waals surface area contributed by atoms with E-state index in [0.717, 1.165) is 10.9 Å². The van der Waals surface area contributed by atoms with Crippen LogP contribution in [0.3, 0.4) is 0 Å². The second-order valence-electron chi connectivity index (χ2n) is 3.13. The normalized spacial score (nSPS) is 10.6. The van der Waals surface area contributed by atoms with Crippen molar-refractivity contribution in [1.82, 2.24) is 0 Å². The number of rotatable bonds is 0. The zero-order chi connectivity index (χ0) is 9.42. The highest BCUT2D eigenvalue weighted by atomic mass is 19.1. The molecule has 0 aliphatic rings. The molecule has 1 nitrogen and oxygen atoms in total. The van der Waals surface area contributed by atoms with Crippen molar-refractivity contribution < 1.29 is 4.39 Å². The molecule has 0 heterocycles. The van der Waals surface area contributed by atoms with Crippen LogP contribution in [-0.4, -0.2) is 0 Å². The molecule has 0 fully saturated rings. The van der Waals surface area contributed by atoms with E-state index in [9.17, 15) is 4.39 Å². The van der Waals surface area contributed by atoms with Crippen LogP contribution in [-0.2, 0) is 0 Å². The third-order valence-electron chi connectivity index (χ3n) is 2.23. The van der Waals surface area contributed by atoms with Crippen LogP contribution in [0.15, 0.2) is 30.3 Å². The predicted molar refractivity (Wildman–Crippen MR) is 53.1 cm³/mol. The summed E-state index contributed by atoms with van der Waals surface area (Å²) in [6.45, 7) is 1.93. The van der Waals surface area contributed by atoms with Gasteiger partial charge >= 0.3 is 0 Å². The lowest BCUT2D eigenvalue weighted by Crippen LogP contribution is -1.91. The van der Waals surface area contributed by atoms with Crippen molar-refractivity contribution in [3.05, 3.63) is 41.7 Å². The van der Waals surface area contributed by atoms with Crippen molar-refractivity contribution in [2.24, 2.45) is 0 Å². The van der Waals surface area contributed by atoms with Gasteiger partial charge in [0.25, 0.3) is 0 Å². The lowest BCUT2D eigenvalue weighted by atomic mass is 10.0. The third kappa shape index (κ3) is 1.15. The molecule has 0 bridgehead atoms. The Hall–Kier alpha value is -1.57. The van der Waals surface area contributed by atoms with Gasteiger partial charge in [0.15, 0.2) is 0 Å². The molecular formula is C11H10FN. The Balaban J connectivity index is 3.00. The Morgan fingerprint density at radius 3 is 2.62 bits per heavy atom. The van der Waals surface area contributed by atoms with Crippen LogP contribution in [0.25, 0.3) is 10.8 Å². The first-order valence-electron chi connectivity index (χ1n) is 4.13. The summed E-state index contributed by atoms with van der Waals surface area (Å²) in [5.41, 5.74) is 7.40. The average molecular weight is 175 g/mol. The van der Waals surface area contributed by atoms with Crippen LogP contribution in [0.1, 0.15) is 5.56 Å².